The Kier molecular flexibility index (Phi) is 6.46. The van der Waals surface area contributed by atoms with E-state index in [0.717, 1.165) is 73.3 Å². The fourth-order valence-corrected chi connectivity index (χ4v) is 4.37. The predicted molar refractivity (Wildman–Crippen MR) is 124 cm³/mol. The highest BCUT2D eigenvalue weighted by Gasteiger charge is 2.24. The van der Waals surface area contributed by atoms with Crippen molar-refractivity contribution in [1.82, 2.24) is 14.9 Å². The molecule has 8 heteroatoms. The van der Waals surface area contributed by atoms with Crippen molar-refractivity contribution in [3.63, 3.8) is 0 Å². The maximum Gasteiger partial charge on any atom is 0.226 e. The maximum absolute atomic E-state index is 7.38. The van der Waals surface area contributed by atoms with Gasteiger partial charge in [0.05, 0.1) is 24.1 Å². The van der Waals surface area contributed by atoms with Gasteiger partial charge >= 0.3 is 0 Å². The van der Waals surface area contributed by atoms with E-state index in [1.165, 1.54) is 0 Å². The predicted octanol–water partition coefficient (Wildman–Crippen LogP) is 4.46. The number of rotatable bonds is 6. The first kappa shape index (κ1) is 21.2. The fourth-order valence-electron chi connectivity index (χ4n) is 4.37. The van der Waals surface area contributed by atoms with E-state index in [1.807, 2.05) is 25.2 Å². The average Bonchev–Trinajstić information content (AvgIpc) is 3.02. The number of nitrogens with zero attached hydrogens (tertiary/aromatic N) is 4. The number of nitrogens with one attached hydrogen (secondary N) is 3. The second-order valence-electron chi connectivity index (χ2n) is 8.20. The highest BCUT2D eigenvalue weighted by Crippen LogP contribution is 2.38. The molecule has 8 nitrogen and oxygen atoms in total. The number of aryl methyl sites for hydroxylation is 1. The third kappa shape index (κ3) is 4.54. The summed E-state index contributed by atoms with van der Waals surface area (Å²) in [6.07, 6.45) is 7.30. The van der Waals surface area contributed by atoms with Crippen LogP contribution in [-0.2, 0) is 6.42 Å². The number of hydrogen-bond acceptors (Lipinski definition) is 8. The van der Waals surface area contributed by atoms with E-state index in [4.69, 9.17) is 20.2 Å². The van der Waals surface area contributed by atoms with Gasteiger partial charge in [-0.25, -0.2) is 10.5 Å². The number of anilines is 2. The van der Waals surface area contributed by atoms with Crippen LogP contribution in [0.5, 0.6) is 5.88 Å². The van der Waals surface area contributed by atoms with E-state index in [9.17, 15) is 0 Å². The van der Waals surface area contributed by atoms with Gasteiger partial charge in [-0.2, -0.15) is 10.1 Å². The third-order valence-electron chi connectivity index (χ3n) is 6.13. The Labute approximate surface area is 183 Å². The van der Waals surface area contributed by atoms with Crippen molar-refractivity contribution in [3.8, 4) is 5.88 Å². The van der Waals surface area contributed by atoms with Crippen molar-refractivity contribution in [2.24, 2.45) is 5.11 Å². The van der Waals surface area contributed by atoms with Gasteiger partial charge in [-0.1, -0.05) is 12.1 Å². The molecule has 4 rings (SSSR count). The molecular weight excluding hydrogens is 390 g/mol. The molecule has 0 amide bonds. The smallest absolute Gasteiger partial charge is 0.226 e. The molecule has 0 unspecified atom stereocenters. The molecule has 0 atom stereocenters. The van der Waals surface area contributed by atoms with Crippen molar-refractivity contribution < 1.29 is 4.74 Å². The molecule has 31 heavy (non-hydrogen) atoms. The Bertz CT molecular complexity index is 980. The Morgan fingerprint density at radius 1 is 1.23 bits per heavy atom. The summed E-state index contributed by atoms with van der Waals surface area (Å²) in [6.45, 7) is 2.17. The first-order chi connectivity index (χ1) is 15.1. The molecule has 2 aliphatic rings. The van der Waals surface area contributed by atoms with Crippen LogP contribution in [0.1, 0.15) is 42.5 Å². The minimum Gasteiger partial charge on any atom is -0.480 e. The molecule has 2 aromatic rings. The summed E-state index contributed by atoms with van der Waals surface area (Å²) < 4.78 is 5.76. The minimum absolute atomic E-state index is 0.388. The summed E-state index contributed by atoms with van der Waals surface area (Å²) in [7, 11) is 5.68. The van der Waals surface area contributed by atoms with Gasteiger partial charge in [0, 0.05) is 13.1 Å². The third-order valence-corrected chi connectivity index (χ3v) is 6.13. The van der Waals surface area contributed by atoms with Crippen LogP contribution < -0.4 is 15.4 Å². The molecule has 1 fully saturated rings. The number of methoxy groups -OCH3 is 1. The van der Waals surface area contributed by atoms with Gasteiger partial charge in [0.25, 0.3) is 0 Å². The lowest BCUT2D eigenvalue weighted by molar-refractivity contribution is 0.263. The number of ether oxygens (including phenoxy) is 1. The highest BCUT2D eigenvalue weighted by molar-refractivity contribution is 5.86. The van der Waals surface area contributed by atoms with E-state index in [2.05, 4.69) is 33.8 Å². The lowest BCUT2D eigenvalue weighted by Gasteiger charge is -2.29. The summed E-state index contributed by atoms with van der Waals surface area (Å²) >= 11 is 0. The SMILES string of the molecule is CNc1cc(C2=CCCCc3nc(NC4CCN(C)CC4)nc(OC)c32)ccc1N=N. The number of benzene rings is 1. The molecule has 1 aromatic carbocycles. The maximum atomic E-state index is 7.38. The van der Waals surface area contributed by atoms with Crippen LogP contribution in [0, 0.1) is 5.53 Å². The van der Waals surface area contributed by atoms with Gasteiger partial charge in [0.2, 0.25) is 11.8 Å². The summed E-state index contributed by atoms with van der Waals surface area (Å²) in [6, 6.07) is 6.28. The summed E-state index contributed by atoms with van der Waals surface area (Å²) in [5, 5.41) is 10.3. The molecule has 2 heterocycles. The van der Waals surface area contributed by atoms with Crippen molar-refractivity contribution in [2.45, 2.75) is 38.1 Å². The van der Waals surface area contributed by atoms with Crippen LogP contribution in [0.25, 0.3) is 5.57 Å². The van der Waals surface area contributed by atoms with Gasteiger partial charge < -0.3 is 20.3 Å². The lowest BCUT2D eigenvalue weighted by atomic mass is 9.96. The van der Waals surface area contributed by atoms with E-state index in [-0.39, 0.29) is 0 Å². The number of fused-ring (bicyclic) bond motifs is 1. The Morgan fingerprint density at radius 2 is 2.03 bits per heavy atom. The highest BCUT2D eigenvalue weighted by atomic mass is 16.5. The Morgan fingerprint density at radius 3 is 2.74 bits per heavy atom. The van der Waals surface area contributed by atoms with Gasteiger partial charge in [-0.3, -0.25) is 0 Å². The van der Waals surface area contributed by atoms with Gasteiger partial charge in [0.1, 0.15) is 5.69 Å². The average molecular weight is 422 g/mol. The standard InChI is InChI=1S/C23H31N7O/c1-25-20-14-15(8-9-18(20)29-24)17-6-4-5-7-19-21(17)22(31-3)28-23(27-19)26-16-10-12-30(2)13-11-16/h6,8-9,14,16,24-25H,4-5,7,10-13H2,1-3H3,(H,26,27,28). The lowest BCUT2D eigenvalue weighted by Crippen LogP contribution is -2.37. The Balaban J connectivity index is 1.71. The largest absolute Gasteiger partial charge is 0.480 e. The zero-order chi connectivity index (χ0) is 21.8. The monoisotopic (exact) mass is 421 g/mol. The fraction of sp³-hybridized carbons (Fsp3) is 0.478. The molecule has 0 saturated carbocycles. The molecule has 0 spiro atoms. The van der Waals surface area contributed by atoms with E-state index in [0.29, 0.717) is 23.6 Å². The molecule has 0 bridgehead atoms. The number of aromatic nitrogens is 2. The molecule has 1 aliphatic carbocycles. The number of likely N-dealkylation sites (tertiary alicyclic amines) is 1. The summed E-state index contributed by atoms with van der Waals surface area (Å²) in [5.41, 5.74) is 12.9. The molecule has 1 aromatic heterocycles. The van der Waals surface area contributed by atoms with E-state index < -0.39 is 0 Å². The topological polar surface area (TPSA) is 98.5 Å². The van der Waals surface area contributed by atoms with Crippen molar-refractivity contribution >= 4 is 22.9 Å². The van der Waals surface area contributed by atoms with Crippen LogP contribution in [0.2, 0.25) is 0 Å². The van der Waals surface area contributed by atoms with Crippen LogP contribution in [0.4, 0.5) is 17.3 Å². The molecule has 1 saturated heterocycles. The van der Waals surface area contributed by atoms with Crippen LogP contribution in [0.15, 0.2) is 29.4 Å². The second kappa shape index (κ2) is 9.43. The normalized spacial score (nSPS) is 17.3. The number of hydrogen-bond donors (Lipinski definition) is 3. The molecule has 0 radical (unpaired) electrons. The van der Waals surface area contributed by atoms with Crippen LogP contribution >= 0.6 is 0 Å². The quantitative estimate of drug-likeness (QED) is 0.596. The zero-order valence-corrected chi connectivity index (χ0v) is 18.5. The molecule has 3 N–H and O–H groups in total. The number of allylic oxidation sites excluding steroid dienone is 1. The van der Waals surface area contributed by atoms with Crippen molar-refractivity contribution in [1.29, 1.82) is 5.53 Å². The van der Waals surface area contributed by atoms with Gasteiger partial charge in [0.15, 0.2) is 0 Å². The number of piperidine rings is 1. The summed E-state index contributed by atoms with van der Waals surface area (Å²) in [4.78, 5) is 12.0. The first-order valence-corrected chi connectivity index (χ1v) is 10.9. The van der Waals surface area contributed by atoms with E-state index in [1.54, 1.807) is 7.11 Å². The molecule has 164 valence electrons. The first-order valence-electron chi connectivity index (χ1n) is 10.9. The second-order valence-corrected chi connectivity index (χ2v) is 8.20. The zero-order valence-electron chi connectivity index (χ0n) is 18.5. The minimum atomic E-state index is 0.388. The molecular formula is C23H31N7O. The van der Waals surface area contributed by atoms with Crippen LogP contribution in [-0.4, -0.2) is 55.2 Å². The van der Waals surface area contributed by atoms with Crippen LogP contribution in [0.3, 0.4) is 0 Å². The molecule has 1 aliphatic heterocycles. The Hall–Kier alpha value is -3.00. The van der Waals surface area contributed by atoms with Gasteiger partial charge in [-0.05, 0) is 75.5 Å². The van der Waals surface area contributed by atoms with Gasteiger partial charge in [-0.15, -0.1) is 0 Å². The van der Waals surface area contributed by atoms with Crippen molar-refractivity contribution in [2.75, 3.05) is 44.9 Å². The van der Waals surface area contributed by atoms with E-state index >= 15 is 0 Å². The van der Waals surface area contributed by atoms with Crippen molar-refractivity contribution in [3.05, 3.63) is 41.1 Å². The summed E-state index contributed by atoms with van der Waals surface area (Å²) in [5.74, 6) is 1.26.